The topological polar surface area (TPSA) is 60.0 Å². The summed E-state index contributed by atoms with van der Waals surface area (Å²) in [5.41, 5.74) is 0.240. The molecule has 1 fully saturated rings. The first-order chi connectivity index (χ1) is 8.06. The molecule has 0 radical (unpaired) electrons. The molecule has 5 heteroatoms. The first-order valence-electron chi connectivity index (χ1n) is 6.13. The number of rotatable bonds is 9. The Morgan fingerprint density at radius 2 is 2.12 bits per heavy atom. The zero-order valence-corrected chi connectivity index (χ0v) is 11.1. The van der Waals surface area contributed by atoms with Crippen molar-refractivity contribution in [2.24, 2.45) is 5.41 Å². The summed E-state index contributed by atoms with van der Waals surface area (Å²) in [6.07, 6.45) is -0.453. The Morgan fingerprint density at radius 1 is 1.41 bits per heavy atom. The number of nitrogens with one attached hydrogen (secondary N) is 1. The molecule has 0 aromatic rings. The number of aliphatic hydroxyl groups excluding tert-OH is 1. The van der Waals surface area contributed by atoms with E-state index in [1.165, 1.54) is 0 Å². The molecule has 2 N–H and O–H groups in total. The van der Waals surface area contributed by atoms with Crippen molar-refractivity contribution in [1.29, 1.82) is 0 Å². The lowest BCUT2D eigenvalue weighted by molar-refractivity contribution is -0.100. The van der Waals surface area contributed by atoms with E-state index in [-0.39, 0.29) is 11.5 Å². The highest BCUT2D eigenvalue weighted by Crippen LogP contribution is 2.24. The molecule has 0 aromatic carbocycles. The zero-order valence-electron chi connectivity index (χ0n) is 11.1. The molecule has 0 bridgehead atoms. The van der Waals surface area contributed by atoms with Crippen LogP contribution in [0.2, 0.25) is 0 Å². The summed E-state index contributed by atoms with van der Waals surface area (Å²) in [5.74, 6) is 0. The third kappa shape index (κ3) is 5.79. The van der Waals surface area contributed by atoms with Crippen molar-refractivity contribution < 1.29 is 19.3 Å². The minimum atomic E-state index is -0.473. The molecular weight excluding hydrogens is 222 g/mol. The van der Waals surface area contributed by atoms with Gasteiger partial charge in [-0.2, -0.15) is 0 Å². The Morgan fingerprint density at radius 3 is 2.65 bits per heavy atom. The summed E-state index contributed by atoms with van der Waals surface area (Å²) in [7, 11) is 1.64. The van der Waals surface area contributed by atoms with Gasteiger partial charge in [0.1, 0.15) is 0 Å². The quantitative estimate of drug-likeness (QED) is 0.602. The highest BCUT2D eigenvalue weighted by atomic mass is 16.5. The van der Waals surface area contributed by atoms with E-state index in [9.17, 15) is 5.11 Å². The van der Waals surface area contributed by atoms with Crippen molar-refractivity contribution in [3.8, 4) is 0 Å². The Hall–Kier alpha value is -0.200. The maximum Gasteiger partial charge on any atom is 0.0897 e. The largest absolute Gasteiger partial charge is 0.389 e. The van der Waals surface area contributed by atoms with Crippen LogP contribution >= 0.6 is 0 Å². The predicted molar refractivity (Wildman–Crippen MR) is 65.1 cm³/mol. The van der Waals surface area contributed by atoms with Crippen molar-refractivity contribution in [3.63, 3.8) is 0 Å². The van der Waals surface area contributed by atoms with Gasteiger partial charge in [-0.15, -0.1) is 0 Å². The zero-order chi connectivity index (χ0) is 12.7. The van der Waals surface area contributed by atoms with Crippen LogP contribution in [0.3, 0.4) is 0 Å². The van der Waals surface area contributed by atoms with Crippen LogP contribution in [-0.2, 0) is 14.2 Å². The van der Waals surface area contributed by atoms with Gasteiger partial charge in [0.05, 0.1) is 38.6 Å². The fourth-order valence-corrected chi connectivity index (χ4v) is 1.71. The third-order valence-corrected chi connectivity index (χ3v) is 2.81. The Labute approximate surface area is 103 Å². The van der Waals surface area contributed by atoms with Crippen LogP contribution in [0.15, 0.2) is 0 Å². The van der Waals surface area contributed by atoms with Crippen molar-refractivity contribution in [1.82, 2.24) is 5.32 Å². The summed E-state index contributed by atoms with van der Waals surface area (Å²) in [6.45, 7) is 8.02. The smallest absolute Gasteiger partial charge is 0.0897 e. The van der Waals surface area contributed by atoms with Gasteiger partial charge in [-0.25, -0.2) is 0 Å². The lowest BCUT2D eigenvalue weighted by Gasteiger charge is -2.38. The molecule has 1 rings (SSSR count). The first kappa shape index (κ1) is 14.9. The molecule has 0 spiro atoms. The van der Waals surface area contributed by atoms with E-state index in [0.29, 0.717) is 19.8 Å². The van der Waals surface area contributed by atoms with Gasteiger partial charge in [0, 0.05) is 25.6 Å². The van der Waals surface area contributed by atoms with Gasteiger partial charge in [0.2, 0.25) is 0 Å². The van der Waals surface area contributed by atoms with Crippen molar-refractivity contribution in [3.05, 3.63) is 0 Å². The molecule has 2 unspecified atom stereocenters. The maximum atomic E-state index is 9.69. The third-order valence-electron chi connectivity index (χ3n) is 2.81. The minimum absolute atomic E-state index is 0.0206. The van der Waals surface area contributed by atoms with E-state index < -0.39 is 6.10 Å². The van der Waals surface area contributed by atoms with Crippen LogP contribution in [0.1, 0.15) is 13.8 Å². The van der Waals surface area contributed by atoms with Gasteiger partial charge in [-0.1, -0.05) is 6.92 Å². The molecule has 0 amide bonds. The lowest BCUT2D eigenvalue weighted by atomic mass is 9.89. The van der Waals surface area contributed by atoms with Crippen molar-refractivity contribution in [2.45, 2.75) is 26.1 Å². The predicted octanol–water partition coefficient (Wildman–Crippen LogP) is 0.0249. The second kappa shape index (κ2) is 7.28. The summed E-state index contributed by atoms with van der Waals surface area (Å²) in [6, 6.07) is 0. The van der Waals surface area contributed by atoms with Crippen molar-refractivity contribution >= 4 is 0 Å². The normalized spacial score (nSPS) is 21.9. The first-order valence-corrected chi connectivity index (χ1v) is 6.13. The molecule has 5 nitrogen and oxygen atoms in total. The number of hydrogen-bond acceptors (Lipinski definition) is 5. The average molecular weight is 247 g/mol. The van der Waals surface area contributed by atoms with E-state index in [0.717, 1.165) is 19.8 Å². The second-order valence-corrected chi connectivity index (χ2v) is 5.19. The molecule has 2 atom stereocenters. The molecule has 1 heterocycles. The van der Waals surface area contributed by atoms with Crippen molar-refractivity contribution in [2.75, 3.05) is 46.6 Å². The Balaban J connectivity index is 1.99. The van der Waals surface area contributed by atoms with E-state index in [1.54, 1.807) is 7.11 Å². The molecule has 0 saturated carbocycles. The summed E-state index contributed by atoms with van der Waals surface area (Å²) in [4.78, 5) is 0. The minimum Gasteiger partial charge on any atom is -0.389 e. The van der Waals surface area contributed by atoms with Gasteiger partial charge in [0.15, 0.2) is 0 Å². The highest BCUT2D eigenvalue weighted by molar-refractivity contribution is 4.83. The van der Waals surface area contributed by atoms with Crippen LogP contribution in [0.5, 0.6) is 0 Å². The monoisotopic (exact) mass is 247 g/mol. The van der Waals surface area contributed by atoms with E-state index in [4.69, 9.17) is 14.2 Å². The number of hydrogen-bond donors (Lipinski definition) is 2. The van der Waals surface area contributed by atoms with Gasteiger partial charge < -0.3 is 24.6 Å². The molecule has 1 aliphatic heterocycles. The van der Waals surface area contributed by atoms with Crippen LogP contribution in [0, 0.1) is 5.41 Å². The highest BCUT2D eigenvalue weighted by Gasteiger charge is 2.32. The summed E-state index contributed by atoms with van der Waals surface area (Å²) >= 11 is 0. The Bertz CT molecular complexity index is 209. The fourth-order valence-electron chi connectivity index (χ4n) is 1.71. The van der Waals surface area contributed by atoms with Crippen LogP contribution in [0.4, 0.5) is 0 Å². The van der Waals surface area contributed by atoms with Gasteiger partial charge in [0.25, 0.3) is 0 Å². The molecule has 1 aliphatic rings. The van der Waals surface area contributed by atoms with Gasteiger partial charge in [-0.3, -0.25) is 0 Å². The van der Waals surface area contributed by atoms with Crippen LogP contribution < -0.4 is 5.32 Å². The maximum absolute atomic E-state index is 9.69. The van der Waals surface area contributed by atoms with Gasteiger partial charge in [-0.05, 0) is 6.92 Å². The number of aliphatic hydroxyl groups is 1. The summed E-state index contributed by atoms with van der Waals surface area (Å²) in [5, 5.41) is 12.9. The number of methoxy groups -OCH3 is 1. The number of ether oxygens (including phenoxy) is 3. The fraction of sp³-hybridized carbons (Fsp3) is 1.00. The van der Waals surface area contributed by atoms with Gasteiger partial charge >= 0.3 is 0 Å². The second-order valence-electron chi connectivity index (χ2n) is 5.19. The summed E-state index contributed by atoms with van der Waals surface area (Å²) < 4.78 is 15.5. The molecule has 17 heavy (non-hydrogen) atoms. The molecule has 0 aromatic heterocycles. The standard InChI is InChI=1S/C12H25NO4/c1-10(5-15-3)17-6-11(14)4-13-7-12(2)8-16-9-12/h10-11,13-14H,4-9H2,1-3H3. The lowest BCUT2D eigenvalue weighted by Crippen LogP contribution is -2.48. The molecular formula is C12H25NO4. The van der Waals surface area contributed by atoms with E-state index >= 15 is 0 Å². The average Bonchev–Trinajstić information content (AvgIpc) is 2.24. The molecule has 0 aliphatic carbocycles. The Kier molecular flexibility index (Phi) is 6.37. The molecule has 102 valence electrons. The van der Waals surface area contributed by atoms with Crippen LogP contribution in [0.25, 0.3) is 0 Å². The van der Waals surface area contributed by atoms with E-state index in [1.807, 2.05) is 6.92 Å². The van der Waals surface area contributed by atoms with Crippen LogP contribution in [-0.4, -0.2) is 63.9 Å². The molecule has 1 saturated heterocycles. The van der Waals surface area contributed by atoms with E-state index in [2.05, 4.69) is 12.2 Å². The SMILES string of the molecule is COCC(C)OCC(O)CNCC1(C)COC1.